The van der Waals surface area contributed by atoms with E-state index in [0.717, 1.165) is 18.8 Å². The molecular formula is C16H21N3O. The van der Waals surface area contributed by atoms with Crippen LogP contribution in [0.3, 0.4) is 0 Å². The van der Waals surface area contributed by atoms with Gasteiger partial charge in [-0.3, -0.25) is 5.10 Å². The Hall–Kier alpha value is -1.65. The predicted octanol–water partition coefficient (Wildman–Crippen LogP) is 3.00. The first-order valence-electron chi connectivity index (χ1n) is 7.00. The second-order valence-corrected chi connectivity index (χ2v) is 6.35. The molecule has 0 saturated heterocycles. The van der Waals surface area contributed by atoms with E-state index in [1.807, 2.05) is 6.20 Å². The van der Waals surface area contributed by atoms with E-state index in [1.54, 1.807) is 0 Å². The zero-order valence-electron chi connectivity index (χ0n) is 12.3. The van der Waals surface area contributed by atoms with Crippen LogP contribution in [-0.2, 0) is 24.5 Å². The molecule has 20 heavy (non-hydrogen) atoms. The van der Waals surface area contributed by atoms with Crippen LogP contribution in [-0.4, -0.2) is 15.7 Å². The molecule has 2 aromatic rings. The first-order chi connectivity index (χ1) is 9.53. The number of H-pyrrole nitrogens is 1. The lowest BCUT2D eigenvalue weighted by Crippen LogP contribution is -2.35. The molecule has 0 unspecified atom stereocenters. The van der Waals surface area contributed by atoms with Crippen LogP contribution in [0.4, 0.5) is 0 Å². The van der Waals surface area contributed by atoms with E-state index in [0.29, 0.717) is 6.61 Å². The van der Waals surface area contributed by atoms with Crippen molar-refractivity contribution in [2.45, 2.75) is 46.1 Å². The number of nitrogens with one attached hydrogen (secondary N) is 2. The molecule has 106 valence electrons. The van der Waals surface area contributed by atoms with Gasteiger partial charge in [-0.1, -0.05) is 12.1 Å². The molecule has 1 aliphatic heterocycles. The Labute approximate surface area is 119 Å². The molecule has 1 aliphatic rings. The lowest BCUT2D eigenvalue weighted by Gasteiger charge is -2.20. The molecule has 2 N–H and O–H groups in total. The zero-order valence-corrected chi connectivity index (χ0v) is 12.3. The molecule has 1 aromatic carbocycles. The van der Waals surface area contributed by atoms with E-state index in [2.05, 4.69) is 54.5 Å². The molecule has 3 rings (SSSR count). The van der Waals surface area contributed by atoms with Gasteiger partial charge >= 0.3 is 0 Å². The minimum Gasteiger partial charge on any atom is -0.372 e. The largest absolute Gasteiger partial charge is 0.372 e. The van der Waals surface area contributed by atoms with Crippen molar-refractivity contribution >= 4 is 0 Å². The maximum Gasteiger partial charge on any atom is 0.0725 e. The average Bonchev–Trinajstić information content (AvgIpc) is 3.03. The molecule has 1 aromatic heterocycles. The van der Waals surface area contributed by atoms with Crippen molar-refractivity contribution in [2.75, 3.05) is 0 Å². The second-order valence-electron chi connectivity index (χ2n) is 6.35. The number of aromatic nitrogens is 2. The van der Waals surface area contributed by atoms with Gasteiger partial charge in [-0.2, -0.15) is 5.10 Å². The third kappa shape index (κ3) is 2.76. The molecule has 4 heteroatoms. The molecule has 0 bridgehead atoms. The quantitative estimate of drug-likeness (QED) is 0.902. The van der Waals surface area contributed by atoms with Crippen molar-refractivity contribution in [2.24, 2.45) is 0 Å². The summed E-state index contributed by atoms with van der Waals surface area (Å²) in [6.07, 6.45) is 1.90. The summed E-state index contributed by atoms with van der Waals surface area (Å²) < 4.78 is 5.47. The van der Waals surface area contributed by atoms with Crippen LogP contribution in [0.5, 0.6) is 0 Å². The first-order valence-corrected chi connectivity index (χ1v) is 7.00. The van der Waals surface area contributed by atoms with E-state index in [9.17, 15) is 0 Å². The highest BCUT2D eigenvalue weighted by atomic mass is 16.5. The van der Waals surface area contributed by atoms with Gasteiger partial charge in [0.1, 0.15) is 0 Å². The Bertz CT molecular complexity index is 610. The fraction of sp³-hybridized carbons (Fsp3) is 0.438. The Morgan fingerprint density at radius 2 is 2.05 bits per heavy atom. The Morgan fingerprint density at radius 1 is 1.25 bits per heavy atom. The van der Waals surface area contributed by atoms with Gasteiger partial charge in [-0.25, -0.2) is 0 Å². The number of hydrogen-bond donors (Lipinski definition) is 2. The summed E-state index contributed by atoms with van der Waals surface area (Å²) >= 11 is 0. The van der Waals surface area contributed by atoms with Crippen LogP contribution in [0.15, 0.2) is 24.4 Å². The molecule has 0 aliphatic carbocycles. The summed E-state index contributed by atoms with van der Waals surface area (Å²) in [6.45, 7) is 8.76. The van der Waals surface area contributed by atoms with Crippen LogP contribution < -0.4 is 5.32 Å². The van der Waals surface area contributed by atoms with Crippen LogP contribution in [0.1, 0.15) is 37.5 Å². The number of fused-ring (bicyclic) bond motifs is 1. The molecule has 0 amide bonds. The van der Waals surface area contributed by atoms with E-state index in [1.165, 1.54) is 22.3 Å². The average molecular weight is 271 g/mol. The lowest BCUT2D eigenvalue weighted by molar-refractivity contribution is 0.134. The van der Waals surface area contributed by atoms with Gasteiger partial charge < -0.3 is 10.1 Å². The van der Waals surface area contributed by atoms with Gasteiger partial charge in [0.15, 0.2) is 0 Å². The summed E-state index contributed by atoms with van der Waals surface area (Å²) in [6, 6.07) is 6.50. The third-order valence-corrected chi connectivity index (χ3v) is 3.54. The maximum absolute atomic E-state index is 5.47. The molecule has 0 fully saturated rings. The molecule has 0 spiro atoms. The van der Waals surface area contributed by atoms with Crippen molar-refractivity contribution in [3.8, 4) is 11.3 Å². The predicted molar refractivity (Wildman–Crippen MR) is 79.1 cm³/mol. The summed E-state index contributed by atoms with van der Waals surface area (Å²) in [7, 11) is 0. The number of nitrogens with zero attached hydrogens (tertiary/aromatic N) is 1. The van der Waals surface area contributed by atoms with E-state index in [-0.39, 0.29) is 5.54 Å². The monoisotopic (exact) mass is 271 g/mol. The molecule has 2 heterocycles. The van der Waals surface area contributed by atoms with E-state index in [4.69, 9.17) is 4.74 Å². The van der Waals surface area contributed by atoms with Crippen molar-refractivity contribution < 1.29 is 4.74 Å². The Balaban J connectivity index is 1.86. The van der Waals surface area contributed by atoms with Crippen LogP contribution in [0.25, 0.3) is 11.3 Å². The smallest absolute Gasteiger partial charge is 0.0725 e. The lowest BCUT2D eigenvalue weighted by atomic mass is 10.0. The van der Waals surface area contributed by atoms with Crippen LogP contribution in [0.2, 0.25) is 0 Å². The van der Waals surface area contributed by atoms with E-state index >= 15 is 0 Å². The van der Waals surface area contributed by atoms with Gasteiger partial charge in [0.2, 0.25) is 0 Å². The highest BCUT2D eigenvalue weighted by Crippen LogP contribution is 2.27. The van der Waals surface area contributed by atoms with Gasteiger partial charge in [0, 0.05) is 23.2 Å². The minimum absolute atomic E-state index is 0.0975. The number of hydrogen-bond acceptors (Lipinski definition) is 3. The number of aromatic amines is 1. The van der Waals surface area contributed by atoms with Gasteiger partial charge in [-0.05, 0) is 38.0 Å². The highest BCUT2D eigenvalue weighted by Gasteiger charge is 2.15. The summed E-state index contributed by atoms with van der Waals surface area (Å²) in [4.78, 5) is 0. The van der Waals surface area contributed by atoms with Crippen molar-refractivity contribution in [3.05, 3.63) is 41.1 Å². The molecule has 0 saturated carbocycles. The zero-order chi connectivity index (χ0) is 14.2. The fourth-order valence-corrected chi connectivity index (χ4v) is 2.38. The topological polar surface area (TPSA) is 49.9 Å². The number of rotatable bonds is 3. The SMILES string of the molecule is CC(C)(C)NCc1cn[nH]c1-c1ccc2c(c1)COC2. The molecule has 4 nitrogen and oxygen atoms in total. The maximum atomic E-state index is 5.47. The second kappa shape index (κ2) is 5.04. The number of ether oxygens (including phenoxy) is 1. The van der Waals surface area contributed by atoms with E-state index < -0.39 is 0 Å². The summed E-state index contributed by atoms with van der Waals surface area (Å²) in [5.41, 5.74) is 6.14. The normalized spacial score (nSPS) is 14.6. The summed E-state index contributed by atoms with van der Waals surface area (Å²) in [5, 5.41) is 10.8. The third-order valence-electron chi connectivity index (χ3n) is 3.54. The van der Waals surface area contributed by atoms with Gasteiger partial charge in [0.25, 0.3) is 0 Å². The van der Waals surface area contributed by atoms with Crippen LogP contribution >= 0.6 is 0 Å². The summed E-state index contributed by atoms with van der Waals surface area (Å²) in [5.74, 6) is 0. The first kappa shape index (κ1) is 13.3. The Morgan fingerprint density at radius 3 is 2.85 bits per heavy atom. The highest BCUT2D eigenvalue weighted by molar-refractivity contribution is 5.64. The molecule has 0 atom stereocenters. The van der Waals surface area contributed by atoms with Gasteiger partial charge in [-0.15, -0.1) is 0 Å². The minimum atomic E-state index is 0.0975. The fourth-order valence-electron chi connectivity index (χ4n) is 2.38. The number of benzene rings is 1. The van der Waals surface area contributed by atoms with Crippen molar-refractivity contribution in [1.82, 2.24) is 15.5 Å². The van der Waals surface area contributed by atoms with Crippen molar-refractivity contribution in [3.63, 3.8) is 0 Å². The Kier molecular flexibility index (Phi) is 3.36. The molecule has 0 radical (unpaired) electrons. The van der Waals surface area contributed by atoms with Gasteiger partial charge in [0.05, 0.1) is 25.1 Å². The standard InChI is InChI=1S/C16H21N3O/c1-16(2,3)17-7-14-8-18-19-15(14)11-4-5-12-9-20-10-13(12)6-11/h4-6,8,17H,7,9-10H2,1-3H3,(H,18,19). The van der Waals surface area contributed by atoms with Crippen LogP contribution in [0, 0.1) is 0 Å². The van der Waals surface area contributed by atoms with Crippen molar-refractivity contribution in [1.29, 1.82) is 0 Å². The molecular weight excluding hydrogens is 250 g/mol.